The van der Waals surface area contributed by atoms with E-state index in [4.69, 9.17) is 14.4 Å². The van der Waals surface area contributed by atoms with Crippen LogP contribution < -0.4 is 0 Å². The number of hydrogen-bond donors (Lipinski definition) is 3. The normalized spacial score (nSPS) is 11.5. The summed E-state index contributed by atoms with van der Waals surface area (Å²) >= 11 is 0. The van der Waals surface area contributed by atoms with E-state index in [0.29, 0.717) is 6.42 Å². The van der Waals surface area contributed by atoms with Crippen LogP contribution in [0.2, 0.25) is 0 Å². The summed E-state index contributed by atoms with van der Waals surface area (Å²) in [5, 5.41) is 0. The van der Waals surface area contributed by atoms with Gasteiger partial charge in [0.25, 0.3) is 0 Å². The van der Waals surface area contributed by atoms with Crippen molar-refractivity contribution in [1.29, 1.82) is 0 Å². The molecule has 0 aromatic rings. The fourth-order valence-electron chi connectivity index (χ4n) is 1.37. The molecule has 0 atom stereocenters. The summed E-state index contributed by atoms with van der Waals surface area (Å²) < 4.78 is 3.76. The molecule has 0 aromatic heterocycles. The van der Waals surface area contributed by atoms with Crippen molar-refractivity contribution in [3.8, 4) is 0 Å². The van der Waals surface area contributed by atoms with Gasteiger partial charge in [0.1, 0.15) is 0 Å². The fraction of sp³-hybridized carbons (Fsp3) is 0.900. The molecule has 0 heterocycles. The first-order valence-electron chi connectivity index (χ1n) is 6.01. The van der Waals surface area contributed by atoms with E-state index in [1.54, 1.807) is 0 Å². The van der Waals surface area contributed by atoms with Crippen LogP contribution in [0.3, 0.4) is 0 Å². The Labute approximate surface area is 103 Å². The monoisotopic (exact) mass is 266 g/mol. The van der Waals surface area contributed by atoms with E-state index in [-0.39, 0.29) is 6.42 Å². The maximum atomic E-state index is 11.0. The number of unbranched alkanes of at least 4 members (excludes halogenated alkanes) is 6. The zero-order valence-electron chi connectivity index (χ0n) is 10.2. The van der Waals surface area contributed by atoms with Crippen LogP contribution in [0.15, 0.2) is 0 Å². The molecule has 0 spiro atoms. The third-order valence-electron chi connectivity index (χ3n) is 2.23. The fourth-order valence-corrected chi connectivity index (χ4v) is 1.58. The summed E-state index contributed by atoms with van der Waals surface area (Å²) in [7, 11) is -4.73. The summed E-state index contributed by atoms with van der Waals surface area (Å²) in [4.78, 5) is 40.2. The molecular weight excluding hydrogens is 244 g/mol. The number of hydrogen-bond acceptors (Lipinski definition) is 6. The van der Waals surface area contributed by atoms with E-state index in [1.807, 2.05) is 0 Å². The van der Waals surface area contributed by atoms with Crippen molar-refractivity contribution < 1.29 is 28.6 Å². The SMILES string of the molecule is CCCCCCCCCC(=O)OO[Si](O)(O)O. The smallest absolute Gasteiger partial charge is 0.366 e. The minimum atomic E-state index is -4.73. The van der Waals surface area contributed by atoms with Gasteiger partial charge in [-0.25, -0.2) is 4.79 Å². The summed E-state index contributed by atoms with van der Waals surface area (Å²) in [6, 6.07) is 0. The second-order valence-electron chi connectivity index (χ2n) is 3.98. The zero-order chi connectivity index (χ0) is 13.1. The summed E-state index contributed by atoms with van der Waals surface area (Å²) in [6.07, 6.45) is 7.66. The molecule has 0 aliphatic carbocycles. The molecule has 6 nitrogen and oxygen atoms in total. The van der Waals surface area contributed by atoms with Gasteiger partial charge in [-0.2, -0.15) is 0 Å². The lowest BCUT2D eigenvalue weighted by Gasteiger charge is -2.07. The number of carbonyl (C=O) groups is 1. The van der Waals surface area contributed by atoms with Crippen molar-refractivity contribution in [2.45, 2.75) is 58.3 Å². The molecule has 0 radical (unpaired) electrons. The van der Waals surface area contributed by atoms with Crippen molar-refractivity contribution in [2.75, 3.05) is 0 Å². The average molecular weight is 266 g/mol. The standard InChI is InChI=1S/C10H22O6Si/c1-2-3-4-5-6-7-8-9-10(11)15-16-17(12,13)14/h12-14H,2-9H2,1H3. The largest absolute Gasteiger partial charge is 0.709 e. The molecule has 0 amide bonds. The van der Waals surface area contributed by atoms with Gasteiger partial charge >= 0.3 is 15.0 Å². The Hall–Kier alpha value is -0.473. The van der Waals surface area contributed by atoms with E-state index in [0.717, 1.165) is 12.8 Å². The molecule has 17 heavy (non-hydrogen) atoms. The van der Waals surface area contributed by atoms with Crippen molar-refractivity contribution >= 4 is 15.0 Å². The van der Waals surface area contributed by atoms with Gasteiger partial charge in [0.2, 0.25) is 0 Å². The van der Waals surface area contributed by atoms with Crippen LogP contribution in [-0.4, -0.2) is 29.4 Å². The topological polar surface area (TPSA) is 96.2 Å². The first-order chi connectivity index (χ1) is 7.95. The Morgan fingerprint density at radius 2 is 1.53 bits per heavy atom. The minimum Gasteiger partial charge on any atom is -0.366 e. The van der Waals surface area contributed by atoms with Crippen LogP contribution in [0.5, 0.6) is 0 Å². The maximum Gasteiger partial charge on any atom is 0.709 e. The molecule has 0 unspecified atom stereocenters. The first kappa shape index (κ1) is 16.5. The zero-order valence-corrected chi connectivity index (χ0v) is 11.2. The Morgan fingerprint density at radius 3 is 2.06 bits per heavy atom. The van der Waals surface area contributed by atoms with Crippen LogP contribution in [0.4, 0.5) is 0 Å². The Kier molecular flexibility index (Phi) is 9.28. The Balaban J connectivity index is 3.28. The van der Waals surface area contributed by atoms with Crippen LogP contribution >= 0.6 is 0 Å². The van der Waals surface area contributed by atoms with Gasteiger partial charge in [0, 0.05) is 6.42 Å². The highest BCUT2D eigenvalue weighted by Gasteiger charge is 2.34. The van der Waals surface area contributed by atoms with Crippen LogP contribution in [-0.2, 0) is 14.3 Å². The molecule has 0 aliphatic rings. The molecular formula is C10H22O6Si. The molecule has 0 saturated carbocycles. The van der Waals surface area contributed by atoms with Crippen molar-refractivity contribution in [1.82, 2.24) is 0 Å². The maximum absolute atomic E-state index is 11.0. The lowest BCUT2D eigenvalue weighted by atomic mass is 10.1. The molecule has 0 rings (SSSR count). The molecule has 102 valence electrons. The molecule has 0 saturated heterocycles. The summed E-state index contributed by atoms with van der Waals surface area (Å²) in [5.74, 6) is -0.701. The van der Waals surface area contributed by atoms with Crippen LogP contribution in [0, 0.1) is 0 Å². The Morgan fingerprint density at radius 1 is 1.00 bits per heavy atom. The average Bonchev–Trinajstić information content (AvgIpc) is 2.24. The second kappa shape index (κ2) is 9.55. The highest BCUT2D eigenvalue weighted by molar-refractivity contribution is 6.48. The van der Waals surface area contributed by atoms with Gasteiger partial charge in [0.15, 0.2) is 0 Å². The van der Waals surface area contributed by atoms with E-state index in [1.165, 1.54) is 25.7 Å². The molecule has 7 heteroatoms. The van der Waals surface area contributed by atoms with Crippen molar-refractivity contribution in [3.63, 3.8) is 0 Å². The lowest BCUT2D eigenvalue weighted by Crippen LogP contribution is -2.39. The molecule has 0 aromatic carbocycles. The van der Waals surface area contributed by atoms with Gasteiger partial charge in [-0.15, -0.1) is 4.58 Å². The van der Waals surface area contributed by atoms with E-state index in [2.05, 4.69) is 16.4 Å². The van der Waals surface area contributed by atoms with Gasteiger partial charge in [-0.1, -0.05) is 45.4 Å². The van der Waals surface area contributed by atoms with Crippen molar-refractivity contribution in [2.24, 2.45) is 0 Å². The van der Waals surface area contributed by atoms with Crippen molar-refractivity contribution in [3.05, 3.63) is 0 Å². The highest BCUT2D eigenvalue weighted by atomic mass is 28.4. The van der Waals surface area contributed by atoms with Crippen LogP contribution in [0.1, 0.15) is 58.3 Å². The van der Waals surface area contributed by atoms with E-state index in [9.17, 15) is 4.79 Å². The summed E-state index contributed by atoms with van der Waals surface area (Å²) in [6.45, 7) is 2.16. The third-order valence-corrected chi connectivity index (χ3v) is 2.54. The second-order valence-corrected chi connectivity index (χ2v) is 5.30. The quantitative estimate of drug-likeness (QED) is 0.236. The van der Waals surface area contributed by atoms with Gasteiger partial charge in [-0.05, 0) is 6.42 Å². The van der Waals surface area contributed by atoms with E-state index < -0.39 is 15.0 Å². The van der Waals surface area contributed by atoms with Gasteiger partial charge < -0.3 is 19.3 Å². The van der Waals surface area contributed by atoms with Gasteiger partial charge in [0.05, 0.1) is 0 Å². The first-order valence-corrected chi connectivity index (χ1v) is 7.76. The van der Waals surface area contributed by atoms with E-state index >= 15 is 0 Å². The van der Waals surface area contributed by atoms with Gasteiger partial charge in [-0.3, -0.25) is 0 Å². The van der Waals surface area contributed by atoms with Crippen LogP contribution in [0.25, 0.3) is 0 Å². The molecule has 3 N–H and O–H groups in total. The minimum absolute atomic E-state index is 0.151. The molecule has 0 aliphatic heterocycles. The predicted octanol–water partition coefficient (Wildman–Crippen LogP) is 1.01. The predicted molar refractivity (Wildman–Crippen MR) is 62.2 cm³/mol. The molecule has 0 bridgehead atoms. The third kappa shape index (κ3) is 13.5. The number of carbonyl (C=O) groups excluding carboxylic acids is 1. The Bertz CT molecular complexity index is 203. The summed E-state index contributed by atoms with van der Waals surface area (Å²) in [5.41, 5.74) is 0. The number of rotatable bonds is 10. The lowest BCUT2D eigenvalue weighted by molar-refractivity contribution is -0.248. The highest BCUT2D eigenvalue weighted by Crippen LogP contribution is 2.09. The molecule has 0 fully saturated rings.